The molecule has 4 rings (SSSR count). The largest absolute Gasteiger partial charge is 0.508 e. The van der Waals surface area contributed by atoms with Gasteiger partial charge in [0, 0.05) is 17.7 Å². The number of hydrogen-bond donors (Lipinski definition) is 7. The molecule has 1 fully saturated rings. The molecule has 33 heavy (non-hydrogen) atoms. The number of carboxylic acids is 1. The minimum atomic E-state index is -1.96. The van der Waals surface area contributed by atoms with Gasteiger partial charge >= 0.3 is 5.97 Å². The van der Waals surface area contributed by atoms with Gasteiger partial charge in [-0.25, -0.2) is 4.79 Å². The van der Waals surface area contributed by atoms with E-state index in [1.165, 1.54) is 24.3 Å². The van der Waals surface area contributed by atoms with E-state index >= 15 is 0 Å². The van der Waals surface area contributed by atoms with Crippen LogP contribution >= 0.6 is 0 Å². The first-order chi connectivity index (χ1) is 15.6. The van der Waals surface area contributed by atoms with Gasteiger partial charge in [-0.1, -0.05) is 0 Å². The first-order valence-electron chi connectivity index (χ1n) is 9.49. The lowest BCUT2D eigenvalue weighted by Gasteiger charge is -2.38. The van der Waals surface area contributed by atoms with Crippen LogP contribution < -0.4 is 10.2 Å². The maximum Gasteiger partial charge on any atom is 0.335 e. The van der Waals surface area contributed by atoms with E-state index in [9.17, 15) is 40.2 Å². The molecule has 1 aliphatic rings. The molecule has 0 bridgehead atoms. The summed E-state index contributed by atoms with van der Waals surface area (Å²) in [5.41, 5.74) is -0.539. The number of carbonyl (C=O) groups is 1. The number of aliphatic hydroxyl groups is 3. The summed E-state index contributed by atoms with van der Waals surface area (Å²) in [4.78, 5) is 23.8. The zero-order chi connectivity index (χ0) is 24.0. The molecule has 3 aromatic rings. The van der Waals surface area contributed by atoms with Crippen molar-refractivity contribution in [2.24, 2.45) is 0 Å². The van der Waals surface area contributed by atoms with Gasteiger partial charge in [-0.2, -0.15) is 0 Å². The lowest BCUT2D eigenvalue weighted by Crippen LogP contribution is -2.61. The Labute approximate surface area is 183 Å². The van der Waals surface area contributed by atoms with Crippen LogP contribution in [0.3, 0.4) is 0 Å². The van der Waals surface area contributed by atoms with E-state index in [-0.39, 0.29) is 22.5 Å². The highest BCUT2D eigenvalue weighted by atomic mass is 16.7. The molecule has 174 valence electrons. The molecule has 5 atom stereocenters. The SMILES string of the molecule is O=C(O)C1O[C@@H](Oc2cc3oc(-c4ccc(O)cc4)cc(=O)c3c(O)c2O)C(O)C(O)[C@@H]1O. The second kappa shape index (κ2) is 8.26. The predicted molar refractivity (Wildman–Crippen MR) is 108 cm³/mol. The highest BCUT2D eigenvalue weighted by molar-refractivity contribution is 5.89. The average molecular weight is 462 g/mol. The maximum absolute atomic E-state index is 12.6. The van der Waals surface area contributed by atoms with E-state index in [1.807, 2.05) is 0 Å². The number of rotatable bonds is 4. The van der Waals surface area contributed by atoms with E-state index in [4.69, 9.17) is 19.0 Å². The molecule has 12 nitrogen and oxygen atoms in total. The van der Waals surface area contributed by atoms with Gasteiger partial charge in [-0.05, 0) is 24.3 Å². The van der Waals surface area contributed by atoms with E-state index in [0.29, 0.717) is 5.56 Å². The van der Waals surface area contributed by atoms with Crippen LogP contribution in [0.4, 0.5) is 0 Å². The molecule has 1 aliphatic heterocycles. The van der Waals surface area contributed by atoms with Gasteiger partial charge in [0.15, 0.2) is 23.0 Å². The summed E-state index contributed by atoms with van der Waals surface area (Å²) in [5.74, 6) is -4.01. The average Bonchev–Trinajstić information content (AvgIpc) is 2.77. The molecule has 0 amide bonds. The van der Waals surface area contributed by atoms with Gasteiger partial charge in [0.1, 0.15) is 40.8 Å². The van der Waals surface area contributed by atoms with Gasteiger partial charge < -0.3 is 49.6 Å². The van der Waals surface area contributed by atoms with Crippen LogP contribution in [-0.2, 0) is 9.53 Å². The van der Waals surface area contributed by atoms with Crippen molar-refractivity contribution >= 4 is 16.9 Å². The number of phenols is 3. The zero-order valence-electron chi connectivity index (χ0n) is 16.5. The van der Waals surface area contributed by atoms with Gasteiger partial charge in [-0.15, -0.1) is 0 Å². The third kappa shape index (κ3) is 3.91. The number of aliphatic carboxylic acids is 1. The predicted octanol–water partition coefficient (Wildman–Crippen LogP) is -0.152. The molecule has 12 heteroatoms. The lowest BCUT2D eigenvalue weighted by atomic mass is 9.99. The second-order valence-electron chi connectivity index (χ2n) is 7.32. The van der Waals surface area contributed by atoms with Crippen LogP contribution in [0.1, 0.15) is 0 Å². The summed E-state index contributed by atoms with van der Waals surface area (Å²) in [5, 5.41) is 68.6. The molecule has 0 saturated carbocycles. The van der Waals surface area contributed by atoms with Gasteiger partial charge in [0.2, 0.25) is 12.0 Å². The normalized spacial score (nSPS) is 25.1. The Bertz CT molecular complexity index is 1260. The Balaban J connectivity index is 1.76. The molecule has 0 radical (unpaired) electrons. The third-order valence-corrected chi connectivity index (χ3v) is 5.14. The summed E-state index contributed by atoms with van der Waals surface area (Å²) < 4.78 is 15.9. The number of phenolic OH excluding ortho intramolecular Hbond substituents is 3. The fraction of sp³-hybridized carbons (Fsp3) is 0.238. The topological polar surface area (TPSA) is 207 Å². The molecule has 0 spiro atoms. The summed E-state index contributed by atoms with van der Waals surface area (Å²) in [6.45, 7) is 0. The molecule has 0 aliphatic carbocycles. The van der Waals surface area contributed by atoms with E-state index in [1.54, 1.807) is 0 Å². The standard InChI is InChI=1S/C21H18O12/c22-8-3-1-7(2-4-8)10-5-9(23)13-11(31-10)6-12(14(24)15(13)25)32-21-18(28)16(26)17(27)19(33-21)20(29)30/h1-6,16-19,21-22,24-28H,(H,29,30)/t16?,17-,18?,19?,21+/m0/s1. The fourth-order valence-corrected chi connectivity index (χ4v) is 3.40. The zero-order valence-corrected chi connectivity index (χ0v) is 16.5. The van der Waals surface area contributed by atoms with Crippen molar-refractivity contribution in [1.82, 2.24) is 0 Å². The van der Waals surface area contributed by atoms with Crippen LogP contribution in [0.2, 0.25) is 0 Å². The van der Waals surface area contributed by atoms with Gasteiger partial charge in [0.05, 0.1) is 0 Å². The smallest absolute Gasteiger partial charge is 0.335 e. The number of fused-ring (bicyclic) bond motifs is 1. The van der Waals surface area contributed by atoms with Crippen LogP contribution in [-0.4, -0.2) is 72.4 Å². The number of carboxylic acid groups (broad SMARTS) is 1. The van der Waals surface area contributed by atoms with Gasteiger partial charge in [0.25, 0.3) is 0 Å². The first kappa shape index (κ1) is 22.4. The van der Waals surface area contributed by atoms with Crippen LogP contribution in [0.25, 0.3) is 22.3 Å². The van der Waals surface area contributed by atoms with Crippen molar-refractivity contribution in [3.63, 3.8) is 0 Å². The van der Waals surface area contributed by atoms with Crippen molar-refractivity contribution in [1.29, 1.82) is 0 Å². The second-order valence-corrected chi connectivity index (χ2v) is 7.32. The highest BCUT2D eigenvalue weighted by Crippen LogP contribution is 2.42. The molecule has 2 heterocycles. The number of hydrogen-bond acceptors (Lipinski definition) is 11. The number of ether oxygens (including phenoxy) is 2. The monoisotopic (exact) mass is 462 g/mol. The third-order valence-electron chi connectivity index (χ3n) is 5.14. The van der Waals surface area contributed by atoms with Crippen molar-refractivity contribution < 1.29 is 54.4 Å². The summed E-state index contributed by atoms with van der Waals surface area (Å²) in [7, 11) is 0. The summed E-state index contributed by atoms with van der Waals surface area (Å²) in [6, 6.07) is 7.74. The quantitative estimate of drug-likeness (QED) is 0.253. The van der Waals surface area contributed by atoms with Crippen molar-refractivity contribution in [2.75, 3.05) is 0 Å². The Kier molecular flexibility index (Phi) is 5.59. The molecular formula is C21H18O12. The highest BCUT2D eigenvalue weighted by Gasteiger charge is 2.48. The molecular weight excluding hydrogens is 444 g/mol. The van der Waals surface area contributed by atoms with Gasteiger partial charge in [-0.3, -0.25) is 4.79 Å². The van der Waals surface area contributed by atoms with Crippen molar-refractivity contribution in [3.8, 4) is 34.3 Å². The molecule has 7 N–H and O–H groups in total. The lowest BCUT2D eigenvalue weighted by molar-refractivity contribution is -0.271. The van der Waals surface area contributed by atoms with Crippen molar-refractivity contribution in [2.45, 2.75) is 30.7 Å². The summed E-state index contributed by atoms with van der Waals surface area (Å²) >= 11 is 0. The van der Waals surface area contributed by atoms with Crippen LogP contribution in [0, 0.1) is 0 Å². The first-order valence-corrected chi connectivity index (χ1v) is 9.49. The number of aliphatic hydroxyl groups excluding tert-OH is 3. The molecule has 1 aromatic heterocycles. The Morgan fingerprint density at radius 1 is 0.909 bits per heavy atom. The van der Waals surface area contributed by atoms with E-state index in [0.717, 1.165) is 12.1 Å². The maximum atomic E-state index is 12.6. The minimum Gasteiger partial charge on any atom is -0.508 e. The van der Waals surface area contributed by atoms with Crippen LogP contribution in [0.15, 0.2) is 45.6 Å². The number of benzene rings is 2. The van der Waals surface area contributed by atoms with Crippen molar-refractivity contribution in [3.05, 3.63) is 46.6 Å². The Hall–Kier alpha value is -3.84. The minimum absolute atomic E-state index is 0.0156. The summed E-state index contributed by atoms with van der Waals surface area (Å²) in [6.07, 6.45) is -9.67. The fourth-order valence-electron chi connectivity index (χ4n) is 3.40. The van der Waals surface area contributed by atoms with Crippen LogP contribution in [0.5, 0.6) is 23.0 Å². The Morgan fingerprint density at radius 2 is 1.58 bits per heavy atom. The van der Waals surface area contributed by atoms with E-state index in [2.05, 4.69) is 0 Å². The van der Waals surface area contributed by atoms with E-state index < -0.39 is 59.4 Å². The molecule has 3 unspecified atom stereocenters. The molecule has 2 aromatic carbocycles. The molecule has 1 saturated heterocycles. The Morgan fingerprint density at radius 3 is 2.21 bits per heavy atom. The number of aromatic hydroxyl groups is 3.